The minimum Gasteiger partial charge on any atom is -1.00 e. The van der Waals surface area contributed by atoms with Crippen molar-refractivity contribution in [2.45, 2.75) is 45.6 Å². The molecule has 3 nitrogen and oxygen atoms in total. The molecular formula is C16H26ClNO2. The summed E-state index contributed by atoms with van der Waals surface area (Å²) in [6.07, 6.45) is 4.37. The van der Waals surface area contributed by atoms with E-state index in [1.807, 2.05) is 30.3 Å². The lowest BCUT2D eigenvalue weighted by Gasteiger charge is -2.26. The first-order chi connectivity index (χ1) is 9.20. The van der Waals surface area contributed by atoms with Gasteiger partial charge in [0.15, 0.2) is 0 Å². The standard InChI is InChI=1S/C16H25NO2.ClH/c1-3-5-12-17(13-6-4-2)15(16(18)19)14-10-8-7-9-11-14;/h7-11,15H,3-6,12-13H2,1-2H3,(H,18,19);1H. The monoisotopic (exact) mass is 299 g/mol. The maximum absolute atomic E-state index is 11.6. The van der Waals surface area contributed by atoms with Crippen molar-refractivity contribution >= 4 is 5.97 Å². The van der Waals surface area contributed by atoms with Crippen molar-refractivity contribution in [1.82, 2.24) is 0 Å². The van der Waals surface area contributed by atoms with E-state index in [-0.39, 0.29) is 12.4 Å². The molecule has 1 atom stereocenters. The number of rotatable bonds is 9. The topological polar surface area (TPSA) is 41.7 Å². The first kappa shape index (κ1) is 18.9. The smallest absolute Gasteiger partial charge is 0.367 e. The molecule has 1 unspecified atom stereocenters. The Balaban J connectivity index is 0.00000361. The molecular weight excluding hydrogens is 274 g/mol. The van der Waals surface area contributed by atoms with E-state index in [0.29, 0.717) is 0 Å². The number of carboxylic acids is 1. The normalized spacial score (nSPS) is 11.9. The summed E-state index contributed by atoms with van der Waals surface area (Å²) in [6, 6.07) is 9.19. The molecule has 0 amide bonds. The van der Waals surface area contributed by atoms with E-state index in [0.717, 1.165) is 44.3 Å². The van der Waals surface area contributed by atoms with Gasteiger partial charge in [0.1, 0.15) is 0 Å². The van der Waals surface area contributed by atoms with Crippen LogP contribution < -0.4 is 17.3 Å². The van der Waals surface area contributed by atoms with Gasteiger partial charge in [0, 0.05) is 5.56 Å². The molecule has 1 aromatic rings. The highest BCUT2D eigenvalue weighted by Crippen LogP contribution is 2.09. The van der Waals surface area contributed by atoms with Gasteiger partial charge in [0.25, 0.3) is 0 Å². The van der Waals surface area contributed by atoms with E-state index in [1.165, 1.54) is 4.90 Å². The number of hydrogen-bond acceptors (Lipinski definition) is 1. The van der Waals surface area contributed by atoms with Crippen LogP contribution >= 0.6 is 0 Å². The average molecular weight is 300 g/mol. The van der Waals surface area contributed by atoms with Crippen molar-refractivity contribution in [2.75, 3.05) is 13.1 Å². The number of halogens is 1. The zero-order chi connectivity index (χ0) is 14.1. The minimum absolute atomic E-state index is 0. The molecule has 0 fully saturated rings. The summed E-state index contributed by atoms with van der Waals surface area (Å²) in [5, 5.41) is 9.57. The SMILES string of the molecule is CCCC[NH+](CCCC)C(C(=O)O)c1ccccc1.[Cl-]. The van der Waals surface area contributed by atoms with Crippen molar-refractivity contribution in [2.24, 2.45) is 0 Å². The Morgan fingerprint density at radius 3 is 2.00 bits per heavy atom. The quantitative estimate of drug-likeness (QED) is 0.633. The van der Waals surface area contributed by atoms with Crippen LogP contribution in [0.2, 0.25) is 0 Å². The summed E-state index contributed by atoms with van der Waals surface area (Å²) >= 11 is 0. The second kappa shape index (κ2) is 10.7. The summed E-state index contributed by atoms with van der Waals surface area (Å²) < 4.78 is 0. The lowest BCUT2D eigenvalue weighted by molar-refractivity contribution is -0.923. The Morgan fingerprint density at radius 1 is 1.10 bits per heavy atom. The fourth-order valence-electron chi connectivity index (χ4n) is 2.42. The number of aliphatic carboxylic acids is 1. The molecule has 2 N–H and O–H groups in total. The highest BCUT2D eigenvalue weighted by molar-refractivity contribution is 5.73. The molecule has 0 aliphatic carbocycles. The van der Waals surface area contributed by atoms with E-state index >= 15 is 0 Å². The van der Waals surface area contributed by atoms with Gasteiger partial charge in [-0.25, -0.2) is 4.79 Å². The number of carboxylic acid groups (broad SMARTS) is 1. The van der Waals surface area contributed by atoms with Gasteiger partial charge >= 0.3 is 5.97 Å². The van der Waals surface area contributed by atoms with Crippen LogP contribution in [0.25, 0.3) is 0 Å². The first-order valence-corrected chi connectivity index (χ1v) is 7.33. The Labute approximate surface area is 128 Å². The van der Waals surface area contributed by atoms with Crippen molar-refractivity contribution in [3.63, 3.8) is 0 Å². The summed E-state index contributed by atoms with van der Waals surface area (Å²) in [6.45, 7) is 6.16. The van der Waals surface area contributed by atoms with Gasteiger partial charge in [0.05, 0.1) is 13.1 Å². The lowest BCUT2D eigenvalue weighted by Crippen LogP contribution is -3.13. The molecule has 0 aromatic heterocycles. The van der Waals surface area contributed by atoms with Gasteiger partial charge in [-0.3, -0.25) is 0 Å². The number of quaternary nitrogens is 1. The third-order valence-corrected chi connectivity index (χ3v) is 3.49. The van der Waals surface area contributed by atoms with Crippen LogP contribution in [0.5, 0.6) is 0 Å². The predicted molar refractivity (Wildman–Crippen MR) is 77.3 cm³/mol. The third kappa shape index (κ3) is 5.93. The van der Waals surface area contributed by atoms with Gasteiger partial charge in [-0.15, -0.1) is 0 Å². The largest absolute Gasteiger partial charge is 1.00 e. The second-order valence-electron chi connectivity index (χ2n) is 5.05. The molecule has 1 aromatic carbocycles. The van der Waals surface area contributed by atoms with Crippen LogP contribution in [0.3, 0.4) is 0 Å². The number of nitrogens with one attached hydrogen (secondary N) is 1. The lowest BCUT2D eigenvalue weighted by atomic mass is 10.0. The summed E-state index contributed by atoms with van der Waals surface area (Å²) in [5.41, 5.74) is 0.914. The second-order valence-corrected chi connectivity index (χ2v) is 5.05. The fourth-order valence-corrected chi connectivity index (χ4v) is 2.42. The zero-order valence-electron chi connectivity index (χ0n) is 12.4. The highest BCUT2D eigenvalue weighted by Gasteiger charge is 2.30. The number of benzene rings is 1. The Kier molecular flexibility index (Phi) is 10.1. The maximum atomic E-state index is 11.6. The van der Waals surface area contributed by atoms with E-state index in [4.69, 9.17) is 0 Å². The Hall–Kier alpha value is -1.06. The molecule has 0 bridgehead atoms. The van der Waals surface area contributed by atoms with E-state index < -0.39 is 12.0 Å². The average Bonchev–Trinajstić information content (AvgIpc) is 2.42. The van der Waals surface area contributed by atoms with Crippen molar-refractivity contribution in [3.05, 3.63) is 35.9 Å². The molecule has 4 heteroatoms. The van der Waals surface area contributed by atoms with E-state index in [9.17, 15) is 9.90 Å². The molecule has 0 saturated heterocycles. The Morgan fingerprint density at radius 2 is 1.60 bits per heavy atom. The third-order valence-electron chi connectivity index (χ3n) is 3.49. The minimum atomic E-state index is -0.714. The van der Waals surface area contributed by atoms with E-state index in [2.05, 4.69) is 13.8 Å². The Bertz CT molecular complexity index is 362. The van der Waals surface area contributed by atoms with Gasteiger partial charge in [0.2, 0.25) is 6.04 Å². The van der Waals surface area contributed by atoms with Crippen LogP contribution in [0, 0.1) is 0 Å². The molecule has 0 aliphatic heterocycles. The van der Waals surface area contributed by atoms with Crippen LogP contribution in [-0.4, -0.2) is 24.2 Å². The van der Waals surface area contributed by atoms with Crippen molar-refractivity contribution in [3.8, 4) is 0 Å². The molecule has 0 heterocycles. The number of hydrogen-bond donors (Lipinski definition) is 2. The maximum Gasteiger partial charge on any atom is 0.367 e. The molecule has 0 aliphatic rings. The first-order valence-electron chi connectivity index (χ1n) is 7.33. The molecule has 0 spiro atoms. The molecule has 0 radical (unpaired) electrons. The van der Waals surface area contributed by atoms with Crippen molar-refractivity contribution in [1.29, 1.82) is 0 Å². The summed E-state index contributed by atoms with van der Waals surface area (Å²) in [7, 11) is 0. The summed E-state index contributed by atoms with van der Waals surface area (Å²) in [5.74, 6) is -0.714. The van der Waals surface area contributed by atoms with Gasteiger partial charge in [-0.1, -0.05) is 57.0 Å². The number of carbonyl (C=O) groups is 1. The number of unbranched alkanes of at least 4 members (excludes halogenated alkanes) is 2. The fraction of sp³-hybridized carbons (Fsp3) is 0.562. The van der Waals surface area contributed by atoms with Crippen LogP contribution in [0.15, 0.2) is 30.3 Å². The predicted octanol–water partition coefficient (Wildman–Crippen LogP) is -0.699. The van der Waals surface area contributed by atoms with Gasteiger partial charge in [-0.2, -0.15) is 0 Å². The van der Waals surface area contributed by atoms with Crippen LogP contribution in [0.4, 0.5) is 0 Å². The zero-order valence-corrected chi connectivity index (χ0v) is 13.2. The van der Waals surface area contributed by atoms with Crippen LogP contribution in [0.1, 0.15) is 51.1 Å². The molecule has 0 saturated carbocycles. The molecule has 114 valence electrons. The highest BCUT2D eigenvalue weighted by atomic mass is 35.5. The summed E-state index contributed by atoms with van der Waals surface area (Å²) in [4.78, 5) is 12.8. The van der Waals surface area contributed by atoms with E-state index in [1.54, 1.807) is 0 Å². The van der Waals surface area contributed by atoms with Crippen LogP contribution in [-0.2, 0) is 4.79 Å². The van der Waals surface area contributed by atoms with Gasteiger partial charge in [-0.05, 0) is 12.8 Å². The molecule has 20 heavy (non-hydrogen) atoms. The van der Waals surface area contributed by atoms with Crippen molar-refractivity contribution < 1.29 is 27.2 Å². The molecule has 1 rings (SSSR count). The van der Waals surface area contributed by atoms with Gasteiger partial charge < -0.3 is 22.4 Å².